The number of benzene rings is 2. The molecule has 1 heterocycles. The van der Waals surface area contributed by atoms with E-state index in [1.807, 2.05) is 47.4 Å². The van der Waals surface area contributed by atoms with E-state index in [0.29, 0.717) is 6.54 Å². The molecule has 0 aliphatic heterocycles. The lowest BCUT2D eigenvalue weighted by Gasteiger charge is -2.15. The van der Waals surface area contributed by atoms with E-state index >= 15 is 0 Å². The molecule has 0 aliphatic carbocycles. The van der Waals surface area contributed by atoms with Crippen molar-refractivity contribution in [1.82, 2.24) is 9.78 Å². The lowest BCUT2D eigenvalue weighted by atomic mass is 10.1. The second kappa shape index (κ2) is 5.89. The molecule has 0 amide bonds. The van der Waals surface area contributed by atoms with Gasteiger partial charge in [-0.05, 0) is 23.3 Å². The number of hydrogen-bond donors (Lipinski definition) is 1. The fourth-order valence-electron chi connectivity index (χ4n) is 2.37. The highest BCUT2D eigenvalue weighted by Crippen LogP contribution is 2.22. The van der Waals surface area contributed by atoms with Crippen molar-refractivity contribution < 1.29 is 4.39 Å². The van der Waals surface area contributed by atoms with Gasteiger partial charge in [0.1, 0.15) is 5.82 Å². The molecule has 1 atom stereocenters. The van der Waals surface area contributed by atoms with E-state index in [2.05, 4.69) is 5.10 Å². The van der Waals surface area contributed by atoms with Crippen molar-refractivity contribution in [2.45, 2.75) is 6.04 Å². The zero-order valence-electron chi connectivity index (χ0n) is 11.5. The summed E-state index contributed by atoms with van der Waals surface area (Å²) in [7, 11) is 0. The molecule has 0 saturated carbocycles. The molecule has 0 saturated heterocycles. The molecule has 0 spiro atoms. The van der Waals surface area contributed by atoms with Gasteiger partial charge < -0.3 is 5.73 Å². The Bertz CT molecular complexity index is 704. The summed E-state index contributed by atoms with van der Waals surface area (Å²) in [5.74, 6) is -0.250. The molecule has 1 unspecified atom stereocenters. The van der Waals surface area contributed by atoms with E-state index in [0.717, 1.165) is 16.7 Å². The van der Waals surface area contributed by atoms with Gasteiger partial charge in [-0.15, -0.1) is 0 Å². The lowest BCUT2D eigenvalue weighted by Crippen LogP contribution is -2.20. The Morgan fingerprint density at radius 2 is 1.71 bits per heavy atom. The second-order valence-electron chi connectivity index (χ2n) is 4.88. The Hall–Kier alpha value is -2.46. The van der Waals surface area contributed by atoms with Crippen LogP contribution in [0.15, 0.2) is 67.0 Å². The maximum absolute atomic E-state index is 13.0. The van der Waals surface area contributed by atoms with Gasteiger partial charge in [0.2, 0.25) is 0 Å². The first-order valence-corrected chi connectivity index (χ1v) is 6.83. The molecular formula is C17H16FN3. The van der Waals surface area contributed by atoms with Gasteiger partial charge in [-0.2, -0.15) is 5.10 Å². The zero-order chi connectivity index (χ0) is 14.7. The molecule has 2 N–H and O–H groups in total. The summed E-state index contributed by atoms with van der Waals surface area (Å²) in [6, 6.07) is 16.3. The molecule has 1 aromatic heterocycles. The van der Waals surface area contributed by atoms with Crippen LogP contribution in [0.1, 0.15) is 11.6 Å². The normalized spacial score (nSPS) is 12.3. The summed E-state index contributed by atoms with van der Waals surface area (Å²) < 4.78 is 14.9. The third-order valence-corrected chi connectivity index (χ3v) is 3.51. The minimum Gasteiger partial charge on any atom is -0.328 e. The van der Waals surface area contributed by atoms with Gasteiger partial charge in [-0.25, -0.2) is 4.39 Å². The number of halogens is 1. The van der Waals surface area contributed by atoms with Crippen molar-refractivity contribution in [3.8, 4) is 11.1 Å². The van der Waals surface area contributed by atoms with Gasteiger partial charge in [0, 0.05) is 18.3 Å². The minimum absolute atomic E-state index is 0.0944. The standard InChI is InChI=1S/C17H16FN3/c18-16-8-6-14(7-9-16)17(10-19)21-12-15(11-20-21)13-4-2-1-3-5-13/h1-9,11-12,17H,10,19H2. The monoisotopic (exact) mass is 281 g/mol. The summed E-state index contributed by atoms with van der Waals surface area (Å²) in [6.45, 7) is 0.404. The average Bonchev–Trinajstić information content (AvgIpc) is 3.00. The largest absolute Gasteiger partial charge is 0.328 e. The molecule has 0 aliphatic rings. The van der Waals surface area contributed by atoms with Gasteiger partial charge in [-0.3, -0.25) is 4.68 Å². The van der Waals surface area contributed by atoms with E-state index in [1.54, 1.807) is 12.1 Å². The zero-order valence-corrected chi connectivity index (χ0v) is 11.5. The van der Waals surface area contributed by atoms with E-state index < -0.39 is 0 Å². The van der Waals surface area contributed by atoms with Gasteiger partial charge >= 0.3 is 0 Å². The first kappa shape index (κ1) is 13.5. The third kappa shape index (κ3) is 2.85. The van der Waals surface area contributed by atoms with Crippen molar-refractivity contribution in [2.24, 2.45) is 5.73 Å². The summed E-state index contributed by atoms with van der Waals surface area (Å²) in [5, 5.41) is 4.41. The van der Waals surface area contributed by atoms with E-state index in [1.165, 1.54) is 12.1 Å². The number of nitrogens with zero attached hydrogens (tertiary/aromatic N) is 2. The number of hydrogen-bond acceptors (Lipinski definition) is 2. The number of aromatic nitrogens is 2. The summed E-state index contributed by atoms with van der Waals surface area (Å²) >= 11 is 0. The quantitative estimate of drug-likeness (QED) is 0.798. The maximum atomic E-state index is 13.0. The Labute approximate surface area is 122 Å². The van der Waals surface area contributed by atoms with E-state index in [-0.39, 0.29) is 11.9 Å². The van der Waals surface area contributed by atoms with E-state index in [9.17, 15) is 4.39 Å². The average molecular weight is 281 g/mol. The predicted octanol–water partition coefficient (Wildman–Crippen LogP) is 3.24. The summed E-state index contributed by atoms with van der Waals surface area (Å²) in [4.78, 5) is 0. The molecule has 3 rings (SSSR count). The minimum atomic E-state index is -0.250. The molecule has 4 heteroatoms. The van der Waals surface area contributed by atoms with Crippen LogP contribution in [0.25, 0.3) is 11.1 Å². The summed E-state index contributed by atoms with van der Waals surface area (Å²) in [5.41, 5.74) is 8.96. The van der Waals surface area contributed by atoms with Crippen molar-refractivity contribution in [2.75, 3.05) is 6.54 Å². The molecule has 0 bridgehead atoms. The van der Waals surface area contributed by atoms with E-state index in [4.69, 9.17) is 5.73 Å². The fourth-order valence-corrected chi connectivity index (χ4v) is 2.37. The highest BCUT2D eigenvalue weighted by atomic mass is 19.1. The van der Waals surface area contributed by atoms with Gasteiger partial charge in [0.05, 0.1) is 12.2 Å². The summed E-state index contributed by atoms with van der Waals surface area (Å²) in [6.07, 6.45) is 3.79. The van der Waals surface area contributed by atoms with Gasteiger partial charge in [-0.1, -0.05) is 42.5 Å². The van der Waals surface area contributed by atoms with Crippen LogP contribution in [-0.4, -0.2) is 16.3 Å². The van der Waals surface area contributed by atoms with Crippen LogP contribution >= 0.6 is 0 Å². The van der Waals surface area contributed by atoms with Gasteiger partial charge in [0.25, 0.3) is 0 Å². The van der Waals surface area contributed by atoms with Crippen LogP contribution < -0.4 is 5.73 Å². The van der Waals surface area contributed by atoms with Gasteiger partial charge in [0.15, 0.2) is 0 Å². The Morgan fingerprint density at radius 3 is 2.38 bits per heavy atom. The molecule has 2 aromatic carbocycles. The Balaban J connectivity index is 1.92. The predicted molar refractivity (Wildman–Crippen MR) is 81.3 cm³/mol. The van der Waals surface area contributed by atoms with Crippen LogP contribution in [0.4, 0.5) is 4.39 Å². The number of nitrogens with two attached hydrogens (primary N) is 1. The highest BCUT2D eigenvalue weighted by molar-refractivity contribution is 5.61. The Kier molecular flexibility index (Phi) is 3.79. The van der Waals surface area contributed by atoms with Crippen molar-refractivity contribution in [3.05, 3.63) is 78.4 Å². The van der Waals surface area contributed by atoms with Crippen molar-refractivity contribution >= 4 is 0 Å². The first-order chi connectivity index (χ1) is 10.3. The molecule has 21 heavy (non-hydrogen) atoms. The van der Waals surface area contributed by atoms with Crippen molar-refractivity contribution in [3.63, 3.8) is 0 Å². The SMILES string of the molecule is NCC(c1ccc(F)cc1)n1cc(-c2ccccc2)cn1. The lowest BCUT2D eigenvalue weighted by molar-refractivity contribution is 0.530. The maximum Gasteiger partial charge on any atom is 0.123 e. The fraction of sp³-hybridized carbons (Fsp3) is 0.118. The smallest absolute Gasteiger partial charge is 0.123 e. The van der Waals surface area contributed by atoms with Crippen LogP contribution in [-0.2, 0) is 0 Å². The molecule has 3 aromatic rings. The van der Waals surface area contributed by atoms with Crippen LogP contribution in [0, 0.1) is 5.82 Å². The number of rotatable bonds is 4. The van der Waals surface area contributed by atoms with Crippen LogP contribution in [0.2, 0.25) is 0 Å². The first-order valence-electron chi connectivity index (χ1n) is 6.83. The highest BCUT2D eigenvalue weighted by Gasteiger charge is 2.13. The third-order valence-electron chi connectivity index (χ3n) is 3.51. The molecular weight excluding hydrogens is 265 g/mol. The van der Waals surface area contributed by atoms with Crippen molar-refractivity contribution in [1.29, 1.82) is 0 Å². The Morgan fingerprint density at radius 1 is 1.00 bits per heavy atom. The van der Waals surface area contributed by atoms with Crippen LogP contribution in [0.3, 0.4) is 0 Å². The van der Waals surface area contributed by atoms with Crippen LogP contribution in [0.5, 0.6) is 0 Å². The molecule has 106 valence electrons. The second-order valence-corrected chi connectivity index (χ2v) is 4.88. The molecule has 0 radical (unpaired) electrons. The molecule has 0 fully saturated rings. The topological polar surface area (TPSA) is 43.8 Å². The molecule has 3 nitrogen and oxygen atoms in total.